The number of aromatic nitrogens is 6. The molecule has 15 heteroatoms. The van der Waals surface area contributed by atoms with Crippen LogP contribution < -0.4 is 10.2 Å². The van der Waals surface area contributed by atoms with Gasteiger partial charge in [-0.15, -0.1) is 5.10 Å². The van der Waals surface area contributed by atoms with Crippen molar-refractivity contribution in [2.75, 3.05) is 11.4 Å². The number of imidazole rings is 1. The van der Waals surface area contributed by atoms with Crippen molar-refractivity contribution in [3.63, 3.8) is 0 Å². The van der Waals surface area contributed by atoms with E-state index in [1.807, 2.05) is 6.07 Å². The van der Waals surface area contributed by atoms with Crippen molar-refractivity contribution in [3.05, 3.63) is 54.1 Å². The Bertz CT molecular complexity index is 1250. The second kappa shape index (κ2) is 12.4. The Kier molecular flexibility index (Phi) is 8.58. The summed E-state index contributed by atoms with van der Waals surface area (Å²) in [6, 6.07) is 6.88. The number of nitrogens with one attached hydrogen (secondary N) is 2. The molecule has 0 radical (unpaired) electrons. The fraction of sp³-hybridized carbons (Fsp3) is 0.391. The molecular formula is C23H26N8O7. The van der Waals surface area contributed by atoms with E-state index < -0.39 is 48.9 Å². The van der Waals surface area contributed by atoms with Gasteiger partial charge in [-0.3, -0.25) is 9.59 Å². The molecule has 1 aliphatic rings. The molecule has 200 valence electrons. The molecule has 2 aromatic heterocycles. The van der Waals surface area contributed by atoms with Crippen molar-refractivity contribution in [3.8, 4) is 0 Å². The van der Waals surface area contributed by atoms with Gasteiger partial charge in [-0.1, -0.05) is 35.4 Å². The zero-order valence-corrected chi connectivity index (χ0v) is 20.2. The number of carbonyl (C=O) groups excluding carboxylic acids is 3. The van der Waals surface area contributed by atoms with E-state index in [0.717, 1.165) is 10.4 Å². The lowest BCUT2D eigenvalue weighted by Crippen LogP contribution is -2.44. The number of carbonyl (C=O) groups is 4. The average molecular weight is 527 g/mol. The Balaban J connectivity index is 1.33. The lowest BCUT2D eigenvalue weighted by Gasteiger charge is -2.20. The molecule has 3 aromatic rings. The van der Waals surface area contributed by atoms with Crippen LogP contribution in [0.2, 0.25) is 0 Å². The van der Waals surface area contributed by atoms with E-state index in [1.54, 1.807) is 41.6 Å². The molecule has 3 N–H and O–H groups in total. The first-order valence-corrected chi connectivity index (χ1v) is 11.8. The first-order valence-electron chi connectivity index (χ1n) is 11.8. The number of hydrogen-bond acceptors (Lipinski definition) is 11. The summed E-state index contributed by atoms with van der Waals surface area (Å²) in [7, 11) is 0. The zero-order chi connectivity index (χ0) is 26.9. The van der Waals surface area contributed by atoms with Crippen LogP contribution >= 0.6 is 0 Å². The number of rotatable bonds is 12. The molecule has 4 rings (SSSR count). The lowest BCUT2D eigenvalue weighted by atomic mass is 10.1. The summed E-state index contributed by atoms with van der Waals surface area (Å²) < 4.78 is 10.4. The number of tetrazole rings is 1. The highest BCUT2D eigenvalue weighted by Gasteiger charge is 2.35. The molecule has 2 atom stereocenters. The average Bonchev–Trinajstić information content (AvgIpc) is 3.68. The normalized spacial score (nSPS) is 15.6. The maximum Gasteiger partial charge on any atom is 0.408 e. The highest BCUT2D eigenvalue weighted by atomic mass is 16.5. The quantitative estimate of drug-likeness (QED) is 0.276. The minimum absolute atomic E-state index is 0.00343. The van der Waals surface area contributed by atoms with Crippen LogP contribution in [0, 0.1) is 0 Å². The fourth-order valence-corrected chi connectivity index (χ4v) is 3.86. The number of esters is 1. The van der Waals surface area contributed by atoms with Crippen LogP contribution in [0.5, 0.6) is 0 Å². The van der Waals surface area contributed by atoms with Crippen LogP contribution in [0.3, 0.4) is 0 Å². The number of carboxylic acids is 1. The zero-order valence-electron chi connectivity index (χ0n) is 20.2. The summed E-state index contributed by atoms with van der Waals surface area (Å²) in [6.45, 7) is -0.0197. The SMILES string of the molecule is O=C(O)CC(NC(=O)OCc1ccccc1)C(=O)Cn1nnc(N2CCC[C@@H]2C(=O)OCc2ncc[nH]2)n1. The Morgan fingerprint density at radius 3 is 2.71 bits per heavy atom. The Morgan fingerprint density at radius 1 is 1.16 bits per heavy atom. The summed E-state index contributed by atoms with van der Waals surface area (Å²) >= 11 is 0. The number of alkyl carbamates (subject to hydrolysis) is 1. The van der Waals surface area contributed by atoms with E-state index in [0.29, 0.717) is 25.2 Å². The number of H-pyrrole nitrogens is 1. The van der Waals surface area contributed by atoms with Gasteiger partial charge < -0.3 is 29.8 Å². The van der Waals surface area contributed by atoms with Gasteiger partial charge in [-0.05, 0) is 23.6 Å². The van der Waals surface area contributed by atoms with Crippen LogP contribution in [-0.2, 0) is 43.6 Å². The topological polar surface area (TPSA) is 195 Å². The molecule has 0 spiro atoms. The number of amides is 1. The van der Waals surface area contributed by atoms with Gasteiger partial charge in [-0.25, -0.2) is 14.6 Å². The number of carboxylic acid groups (broad SMARTS) is 1. The summed E-state index contributed by atoms with van der Waals surface area (Å²) in [5.41, 5.74) is 0.730. The van der Waals surface area contributed by atoms with Gasteiger partial charge >= 0.3 is 18.0 Å². The molecule has 1 aliphatic heterocycles. The molecule has 1 fully saturated rings. The number of ketones is 1. The number of benzene rings is 1. The smallest absolute Gasteiger partial charge is 0.408 e. The molecule has 3 heterocycles. The highest BCUT2D eigenvalue weighted by molar-refractivity contribution is 5.90. The number of aromatic amines is 1. The highest BCUT2D eigenvalue weighted by Crippen LogP contribution is 2.23. The predicted octanol–water partition coefficient (Wildman–Crippen LogP) is 0.447. The summed E-state index contributed by atoms with van der Waals surface area (Å²) in [6.07, 6.45) is 2.81. The van der Waals surface area contributed by atoms with Crippen molar-refractivity contribution in [2.45, 2.75) is 51.1 Å². The van der Waals surface area contributed by atoms with Crippen LogP contribution in [0.4, 0.5) is 10.7 Å². The minimum Gasteiger partial charge on any atom is -0.481 e. The van der Waals surface area contributed by atoms with Crippen LogP contribution in [-0.4, -0.2) is 77.7 Å². The van der Waals surface area contributed by atoms with E-state index in [2.05, 4.69) is 30.7 Å². The van der Waals surface area contributed by atoms with Gasteiger partial charge in [0.15, 0.2) is 5.78 Å². The van der Waals surface area contributed by atoms with E-state index in [9.17, 15) is 24.3 Å². The summed E-state index contributed by atoms with van der Waals surface area (Å²) in [5.74, 6) is -1.78. The third-order valence-corrected chi connectivity index (χ3v) is 5.70. The monoisotopic (exact) mass is 526 g/mol. The van der Waals surface area contributed by atoms with Gasteiger partial charge in [0.2, 0.25) is 0 Å². The molecule has 1 aromatic carbocycles. The molecule has 0 bridgehead atoms. The second-order valence-electron chi connectivity index (χ2n) is 8.44. The number of ether oxygens (including phenoxy) is 2. The third kappa shape index (κ3) is 7.11. The molecular weight excluding hydrogens is 500 g/mol. The van der Waals surface area contributed by atoms with Gasteiger partial charge in [0.25, 0.3) is 5.95 Å². The van der Waals surface area contributed by atoms with E-state index in [-0.39, 0.29) is 19.2 Å². The molecule has 1 saturated heterocycles. The molecule has 38 heavy (non-hydrogen) atoms. The number of anilines is 1. The van der Waals surface area contributed by atoms with E-state index >= 15 is 0 Å². The van der Waals surface area contributed by atoms with E-state index in [1.165, 1.54) is 0 Å². The maximum atomic E-state index is 12.8. The Hall–Kier alpha value is -4.82. The molecule has 0 aliphatic carbocycles. The maximum absolute atomic E-state index is 12.8. The van der Waals surface area contributed by atoms with Crippen molar-refractivity contribution in [2.24, 2.45) is 0 Å². The van der Waals surface area contributed by atoms with Crippen LogP contribution in [0.1, 0.15) is 30.7 Å². The van der Waals surface area contributed by atoms with Crippen LogP contribution in [0.15, 0.2) is 42.7 Å². The minimum atomic E-state index is -1.37. The van der Waals surface area contributed by atoms with E-state index in [4.69, 9.17) is 9.47 Å². The standard InChI is InChI=1S/C23H26N8O7/c32-18(16(11-20(33)34)26-23(36)38-13-15-5-2-1-3-6-15)12-31-28-22(27-29-31)30-10-4-7-17(30)21(35)37-14-19-24-8-9-25-19/h1-3,5-6,8-9,16-17H,4,7,10-14H2,(H,24,25)(H,26,36)(H,33,34)/t16?,17-/m1/s1. The molecule has 1 unspecified atom stereocenters. The Morgan fingerprint density at radius 2 is 1.97 bits per heavy atom. The number of aliphatic carboxylic acids is 1. The number of hydrogen-bond donors (Lipinski definition) is 3. The van der Waals surface area contributed by atoms with Gasteiger partial charge in [-0.2, -0.15) is 4.80 Å². The number of Topliss-reactive ketones (excluding diaryl/α,β-unsaturated/α-hetero) is 1. The first-order chi connectivity index (χ1) is 18.4. The number of nitrogens with zero attached hydrogens (tertiary/aromatic N) is 6. The largest absolute Gasteiger partial charge is 0.481 e. The van der Waals surface area contributed by atoms with Gasteiger partial charge in [0, 0.05) is 18.9 Å². The Labute approximate surface area is 216 Å². The first kappa shape index (κ1) is 26.2. The van der Waals surface area contributed by atoms with Crippen LogP contribution in [0.25, 0.3) is 0 Å². The lowest BCUT2D eigenvalue weighted by molar-refractivity contribution is -0.146. The van der Waals surface area contributed by atoms with Crippen molar-refractivity contribution >= 4 is 29.8 Å². The third-order valence-electron chi connectivity index (χ3n) is 5.70. The summed E-state index contributed by atoms with van der Waals surface area (Å²) in [5, 5.41) is 23.5. The molecule has 0 saturated carbocycles. The van der Waals surface area contributed by atoms with Crippen molar-refractivity contribution in [1.29, 1.82) is 0 Å². The molecule has 1 amide bonds. The van der Waals surface area contributed by atoms with Crippen molar-refractivity contribution < 1.29 is 33.8 Å². The fourth-order valence-electron chi connectivity index (χ4n) is 3.86. The molecule has 15 nitrogen and oxygen atoms in total. The predicted molar refractivity (Wildman–Crippen MR) is 127 cm³/mol. The van der Waals surface area contributed by atoms with Gasteiger partial charge in [0.1, 0.15) is 37.7 Å². The second-order valence-corrected chi connectivity index (χ2v) is 8.44. The van der Waals surface area contributed by atoms with Crippen molar-refractivity contribution in [1.82, 2.24) is 35.5 Å². The summed E-state index contributed by atoms with van der Waals surface area (Å²) in [4.78, 5) is 58.3. The van der Waals surface area contributed by atoms with Gasteiger partial charge in [0.05, 0.1) is 6.42 Å².